The van der Waals surface area contributed by atoms with Crippen LogP contribution in [0.4, 0.5) is 0 Å². The van der Waals surface area contributed by atoms with Crippen molar-refractivity contribution < 1.29 is 0 Å². The number of rotatable bonds is 5. The van der Waals surface area contributed by atoms with Crippen molar-refractivity contribution in [1.29, 1.82) is 0 Å². The molecule has 0 aliphatic heterocycles. The molecule has 1 nitrogen and oxygen atoms in total. The van der Waals surface area contributed by atoms with Crippen LogP contribution in [-0.2, 0) is 0 Å². The predicted molar refractivity (Wildman–Crippen MR) is 74.3 cm³/mol. The highest BCUT2D eigenvalue weighted by Crippen LogP contribution is 2.28. The lowest BCUT2D eigenvalue weighted by Gasteiger charge is -2.41. The van der Waals surface area contributed by atoms with E-state index in [4.69, 9.17) is 0 Å². The van der Waals surface area contributed by atoms with Gasteiger partial charge in [-0.3, -0.25) is 0 Å². The average molecular weight is 311 g/mol. The second-order valence-electron chi connectivity index (χ2n) is 5.28. The van der Waals surface area contributed by atoms with E-state index >= 15 is 0 Å². The molecule has 14 heavy (non-hydrogen) atoms. The molecule has 0 aliphatic carbocycles. The van der Waals surface area contributed by atoms with E-state index in [0.717, 1.165) is 0 Å². The van der Waals surface area contributed by atoms with Crippen molar-refractivity contribution in [1.82, 2.24) is 4.90 Å². The molecule has 0 N–H and O–H groups in total. The minimum atomic E-state index is 0.392. The largest absolute Gasteiger partial charge is 0.300 e. The van der Waals surface area contributed by atoms with Crippen LogP contribution in [0.2, 0.25) is 0 Å². The van der Waals surface area contributed by atoms with E-state index in [-0.39, 0.29) is 0 Å². The van der Waals surface area contributed by atoms with E-state index in [0.29, 0.717) is 17.5 Å². The normalized spacial score (nSPS) is 17.1. The smallest absolute Gasteiger partial charge is 0.0151 e. The van der Waals surface area contributed by atoms with Crippen molar-refractivity contribution in [2.45, 2.75) is 59.5 Å². The van der Waals surface area contributed by atoms with E-state index in [1.165, 1.54) is 17.3 Å². The SMILES string of the molecule is CCC(C)N(C)C(CCI)C(C)(C)C. The molecule has 0 fully saturated rings. The summed E-state index contributed by atoms with van der Waals surface area (Å²) in [5, 5.41) is 0. The molecular formula is C12H26IN. The lowest BCUT2D eigenvalue weighted by Crippen LogP contribution is -2.46. The van der Waals surface area contributed by atoms with E-state index in [9.17, 15) is 0 Å². The van der Waals surface area contributed by atoms with Gasteiger partial charge in [0.15, 0.2) is 0 Å². The maximum Gasteiger partial charge on any atom is 0.0151 e. The standard InChI is InChI=1S/C12H26IN/c1-7-10(2)14(6)11(8-9-13)12(3,4)5/h10-11H,7-9H2,1-6H3. The Bertz CT molecular complexity index is 151. The van der Waals surface area contributed by atoms with Crippen LogP contribution in [0.3, 0.4) is 0 Å². The quantitative estimate of drug-likeness (QED) is 0.549. The summed E-state index contributed by atoms with van der Waals surface area (Å²) >= 11 is 2.48. The Kier molecular flexibility index (Phi) is 6.62. The van der Waals surface area contributed by atoms with Crippen LogP contribution in [0.15, 0.2) is 0 Å². The number of hydrogen-bond acceptors (Lipinski definition) is 1. The first-order valence-electron chi connectivity index (χ1n) is 5.62. The molecule has 0 heterocycles. The van der Waals surface area contributed by atoms with Crippen LogP contribution in [0.5, 0.6) is 0 Å². The van der Waals surface area contributed by atoms with Crippen LogP contribution in [0.1, 0.15) is 47.5 Å². The Labute approximate surface area is 104 Å². The highest BCUT2D eigenvalue weighted by molar-refractivity contribution is 14.1. The molecule has 0 aromatic heterocycles. The van der Waals surface area contributed by atoms with Crippen molar-refractivity contribution in [3.05, 3.63) is 0 Å². The first-order chi connectivity index (χ1) is 6.34. The summed E-state index contributed by atoms with van der Waals surface area (Å²) < 4.78 is 1.25. The zero-order valence-corrected chi connectivity index (χ0v) is 12.8. The van der Waals surface area contributed by atoms with E-state index in [2.05, 4.69) is 69.2 Å². The molecule has 0 aromatic rings. The predicted octanol–water partition coefficient (Wildman–Crippen LogP) is 3.96. The monoisotopic (exact) mass is 311 g/mol. The number of alkyl halides is 1. The summed E-state index contributed by atoms with van der Waals surface area (Å²) in [7, 11) is 2.27. The summed E-state index contributed by atoms with van der Waals surface area (Å²) in [6.45, 7) is 11.6. The van der Waals surface area contributed by atoms with Gasteiger partial charge in [0.25, 0.3) is 0 Å². The molecule has 0 saturated heterocycles. The summed E-state index contributed by atoms with van der Waals surface area (Å²) in [4.78, 5) is 2.55. The molecule has 0 rings (SSSR count). The Balaban J connectivity index is 4.48. The van der Waals surface area contributed by atoms with Gasteiger partial charge in [-0.25, -0.2) is 0 Å². The molecule has 0 bridgehead atoms. The third kappa shape index (κ3) is 4.47. The van der Waals surface area contributed by atoms with Crippen molar-refractivity contribution in [3.63, 3.8) is 0 Å². The minimum absolute atomic E-state index is 0.392. The Hall–Kier alpha value is 0.690. The van der Waals surface area contributed by atoms with Gasteiger partial charge in [-0.1, -0.05) is 50.3 Å². The fourth-order valence-electron chi connectivity index (χ4n) is 1.95. The van der Waals surface area contributed by atoms with Crippen LogP contribution in [-0.4, -0.2) is 28.5 Å². The van der Waals surface area contributed by atoms with Gasteiger partial charge in [0.1, 0.15) is 0 Å². The molecule has 0 saturated carbocycles. The van der Waals surface area contributed by atoms with Crippen LogP contribution in [0, 0.1) is 5.41 Å². The Morgan fingerprint density at radius 3 is 2.07 bits per heavy atom. The molecule has 86 valence electrons. The van der Waals surface area contributed by atoms with E-state index < -0.39 is 0 Å². The molecule has 2 unspecified atom stereocenters. The third-order valence-corrected chi connectivity index (χ3v) is 3.78. The molecule has 2 atom stereocenters. The van der Waals surface area contributed by atoms with Crippen molar-refractivity contribution in [3.8, 4) is 0 Å². The van der Waals surface area contributed by atoms with Crippen molar-refractivity contribution in [2.24, 2.45) is 5.41 Å². The molecule has 2 heteroatoms. The Morgan fingerprint density at radius 1 is 1.29 bits per heavy atom. The van der Waals surface area contributed by atoms with Crippen molar-refractivity contribution in [2.75, 3.05) is 11.5 Å². The van der Waals surface area contributed by atoms with E-state index in [1.807, 2.05) is 0 Å². The summed E-state index contributed by atoms with van der Waals surface area (Å²) in [5.74, 6) is 0. The minimum Gasteiger partial charge on any atom is -0.300 e. The molecule has 0 amide bonds. The second kappa shape index (κ2) is 6.31. The molecular weight excluding hydrogens is 285 g/mol. The lowest BCUT2D eigenvalue weighted by molar-refractivity contribution is 0.0872. The molecule has 0 spiro atoms. The van der Waals surface area contributed by atoms with Crippen LogP contribution >= 0.6 is 22.6 Å². The van der Waals surface area contributed by atoms with Gasteiger partial charge in [-0.05, 0) is 32.2 Å². The number of halogens is 1. The fourth-order valence-corrected chi connectivity index (χ4v) is 2.54. The topological polar surface area (TPSA) is 3.24 Å². The third-order valence-electron chi connectivity index (χ3n) is 3.16. The zero-order chi connectivity index (χ0) is 11.4. The van der Waals surface area contributed by atoms with Gasteiger partial charge < -0.3 is 4.90 Å². The number of hydrogen-bond donors (Lipinski definition) is 0. The summed E-state index contributed by atoms with van der Waals surface area (Å²) in [6, 6.07) is 1.40. The number of nitrogens with zero attached hydrogens (tertiary/aromatic N) is 1. The maximum atomic E-state index is 2.55. The van der Waals surface area contributed by atoms with Gasteiger partial charge >= 0.3 is 0 Å². The van der Waals surface area contributed by atoms with Gasteiger partial charge in [0.05, 0.1) is 0 Å². The zero-order valence-electron chi connectivity index (χ0n) is 10.6. The van der Waals surface area contributed by atoms with Crippen LogP contribution in [0.25, 0.3) is 0 Å². The van der Waals surface area contributed by atoms with Gasteiger partial charge in [0, 0.05) is 16.5 Å². The summed E-state index contributed by atoms with van der Waals surface area (Å²) in [5.41, 5.74) is 0.392. The van der Waals surface area contributed by atoms with Crippen LogP contribution < -0.4 is 0 Å². The first kappa shape index (κ1) is 14.7. The Morgan fingerprint density at radius 2 is 1.79 bits per heavy atom. The lowest BCUT2D eigenvalue weighted by atomic mass is 9.83. The molecule has 0 radical (unpaired) electrons. The first-order valence-corrected chi connectivity index (χ1v) is 7.15. The molecule has 0 aromatic carbocycles. The maximum absolute atomic E-state index is 2.55. The van der Waals surface area contributed by atoms with E-state index in [1.54, 1.807) is 0 Å². The average Bonchev–Trinajstić information content (AvgIpc) is 2.09. The highest BCUT2D eigenvalue weighted by atomic mass is 127. The van der Waals surface area contributed by atoms with Gasteiger partial charge in [0.2, 0.25) is 0 Å². The molecule has 0 aliphatic rings. The summed E-state index contributed by atoms with van der Waals surface area (Å²) in [6.07, 6.45) is 2.54. The fraction of sp³-hybridized carbons (Fsp3) is 1.00. The second-order valence-corrected chi connectivity index (χ2v) is 6.36. The van der Waals surface area contributed by atoms with Gasteiger partial charge in [-0.2, -0.15) is 0 Å². The van der Waals surface area contributed by atoms with Crippen molar-refractivity contribution >= 4 is 22.6 Å². The van der Waals surface area contributed by atoms with Gasteiger partial charge in [-0.15, -0.1) is 0 Å². The highest BCUT2D eigenvalue weighted by Gasteiger charge is 2.29.